The molecule has 0 spiro atoms. The maximum absolute atomic E-state index is 13.5. The maximum Gasteiger partial charge on any atom is 0.283 e. The van der Waals surface area contributed by atoms with Crippen LogP contribution in [0.5, 0.6) is 11.5 Å². The Morgan fingerprint density at radius 3 is 2.63 bits per heavy atom. The van der Waals surface area contributed by atoms with Gasteiger partial charge in [0, 0.05) is 17.4 Å². The molecule has 0 saturated heterocycles. The van der Waals surface area contributed by atoms with Gasteiger partial charge in [0.2, 0.25) is 6.79 Å². The fraction of sp³-hybridized carbons (Fsp3) is 0.154. The number of amidine groups is 1. The number of carbonyl (C=O) groups excluding carboxylic acids is 1. The molecule has 2 aliphatic rings. The lowest BCUT2D eigenvalue weighted by atomic mass is 10.1. The number of aliphatic imine (C=N–C) groups is 1. The van der Waals surface area contributed by atoms with Gasteiger partial charge in [0.25, 0.3) is 11.6 Å². The van der Waals surface area contributed by atoms with Crippen molar-refractivity contribution < 1.29 is 19.2 Å². The fourth-order valence-corrected chi connectivity index (χ4v) is 4.82. The SMILES string of the molecule is Cc1ccc(N2C(=O)/C(=C/c3ccc4c(c3)OCO4)N=C2SC(C)c2cccc([N+](=O)[O-])c2)cc1. The highest BCUT2D eigenvalue weighted by molar-refractivity contribution is 8.14. The summed E-state index contributed by atoms with van der Waals surface area (Å²) in [5.74, 6) is 1.04. The number of benzene rings is 3. The van der Waals surface area contributed by atoms with Gasteiger partial charge < -0.3 is 9.47 Å². The minimum Gasteiger partial charge on any atom is -0.454 e. The van der Waals surface area contributed by atoms with Crippen LogP contribution in [-0.4, -0.2) is 22.8 Å². The smallest absolute Gasteiger partial charge is 0.283 e. The van der Waals surface area contributed by atoms with Gasteiger partial charge in [0.05, 0.1) is 10.6 Å². The zero-order chi connectivity index (χ0) is 24.5. The Bertz CT molecular complexity index is 1380. The van der Waals surface area contributed by atoms with Crippen molar-refractivity contribution in [2.24, 2.45) is 4.99 Å². The second-order valence-electron chi connectivity index (χ2n) is 8.12. The van der Waals surface area contributed by atoms with Crippen LogP contribution in [0.25, 0.3) is 6.08 Å². The lowest BCUT2D eigenvalue weighted by molar-refractivity contribution is -0.384. The number of amides is 1. The van der Waals surface area contributed by atoms with Crippen molar-refractivity contribution in [1.29, 1.82) is 0 Å². The van der Waals surface area contributed by atoms with Crippen LogP contribution >= 0.6 is 11.8 Å². The molecule has 176 valence electrons. The van der Waals surface area contributed by atoms with Crippen LogP contribution in [0.3, 0.4) is 0 Å². The number of nitro benzene ring substituents is 1. The molecule has 5 rings (SSSR count). The highest BCUT2D eigenvalue weighted by Crippen LogP contribution is 2.38. The Hall–Kier alpha value is -4.11. The molecular weight excluding hydrogens is 466 g/mol. The second kappa shape index (κ2) is 9.27. The molecule has 0 radical (unpaired) electrons. The number of nitro groups is 1. The van der Waals surface area contributed by atoms with E-state index in [9.17, 15) is 14.9 Å². The Balaban J connectivity index is 1.49. The standard InChI is InChI=1S/C26H21N3O5S/c1-16-6-9-20(10-7-16)28-25(30)22(12-18-8-11-23-24(13-18)34-15-33-23)27-26(28)35-17(2)19-4-3-5-21(14-19)29(31)32/h3-14,17H,15H2,1-2H3/b22-12-. The molecule has 9 heteroatoms. The first kappa shape index (κ1) is 22.7. The predicted molar refractivity (Wildman–Crippen MR) is 136 cm³/mol. The summed E-state index contributed by atoms with van der Waals surface area (Å²) in [4.78, 5) is 30.5. The molecule has 2 heterocycles. The van der Waals surface area contributed by atoms with E-state index in [1.807, 2.05) is 56.3 Å². The molecule has 1 amide bonds. The molecule has 0 aromatic heterocycles. The summed E-state index contributed by atoms with van der Waals surface area (Å²) in [7, 11) is 0. The summed E-state index contributed by atoms with van der Waals surface area (Å²) in [6.45, 7) is 4.09. The van der Waals surface area contributed by atoms with E-state index in [-0.39, 0.29) is 29.3 Å². The average molecular weight is 488 g/mol. The molecule has 35 heavy (non-hydrogen) atoms. The number of fused-ring (bicyclic) bond motifs is 1. The summed E-state index contributed by atoms with van der Waals surface area (Å²) in [6, 6.07) is 19.6. The second-order valence-corrected chi connectivity index (χ2v) is 9.43. The molecule has 0 saturated carbocycles. The number of nitrogens with zero attached hydrogens (tertiary/aromatic N) is 3. The van der Waals surface area contributed by atoms with Crippen molar-refractivity contribution in [3.63, 3.8) is 0 Å². The lowest BCUT2D eigenvalue weighted by Crippen LogP contribution is -2.30. The largest absolute Gasteiger partial charge is 0.454 e. The molecule has 0 aliphatic carbocycles. The predicted octanol–water partition coefficient (Wildman–Crippen LogP) is 5.87. The summed E-state index contributed by atoms with van der Waals surface area (Å²) >= 11 is 1.37. The molecule has 0 bridgehead atoms. The highest BCUT2D eigenvalue weighted by atomic mass is 32.2. The molecule has 3 aromatic carbocycles. The number of thioether (sulfide) groups is 1. The van der Waals surface area contributed by atoms with Crippen molar-refractivity contribution >= 4 is 40.3 Å². The van der Waals surface area contributed by atoms with Crippen molar-refractivity contribution in [2.45, 2.75) is 19.1 Å². The summed E-state index contributed by atoms with van der Waals surface area (Å²) < 4.78 is 10.8. The molecule has 2 aliphatic heterocycles. The summed E-state index contributed by atoms with van der Waals surface area (Å²) in [5, 5.41) is 11.5. The number of aryl methyl sites for hydroxylation is 1. The first-order chi connectivity index (χ1) is 16.9. The molecule has 3 aromatic rings. The lowest BCUT2D eigenvalue weighted by Gasteiger charge is -2.20. The van der Waals surface area contributed by atoms with Crippen LogP contribution in [0, 0.1) is 17.0 Å². The van der Waals surface area contributed by atoms with Gasteiger partial charge in [-0.15, -0.1) is 0 Å². The third-order valence-corrected chi connectivity index (χ3v) is 6.76. The number of rotatable bonds is 5. The van der Waals surface area contributed by atoms with Crippen LogP contribution in [0.15, 0.2) is 77.4 Å². The maximum atomic E-state index is 13.5. The average Bonchev–Trinajstić information content (AvgIpc) is 3.44. The van der Waals surface area contributed by atoms with Crippen LogP contribution in [0.4, 0.5) is 11.4 Å². The van der Waals surface area contributed by atoms with E-state index in [1.165, 1.54) is 17.8 Å². The van der Waals surface area contributed by atoms with Gasteiger partial charge in [0.1, 0.15) is 5.70 Å². The van der Waals surface area contributed by atoms with Gasteiger partial charge in [-0.3, -0.25) is 19.8 Å². The third-order valence-electron chi connectivity index (χ3n) is 5.65. The Morgan fingerprint density at radius 1 is 1.09 bits per heavy atom. The molecule has 0 fully saturated rings. The number of ether oxygens (including phenoxy) is 2. The zero-order valence-corrected chi connectivity index (χ0v) is 19.8. The minimum absolute atomic E-state index is 0.0261. The van der Waals surface area contributed by atoms with E-state index in [0.29, 0.717) is 22.4 Å². The van der Waals surface area contributed by atoms with E-state index < -0.39 is 4.92 Å². The number of hydrogen-bond acceptors (Lipinski definition) is 7. The van der Waals surface area contributed by atoms with Crippen molar-refractivity contribution in [3.05, 3.63) is 99.2 Å². The van der Waals surface area contributed by atoms with Gasteiger partial charge in [-0.1, -0.05) is 47.7 Å². The number of carbonyl (C=O) groups is 1. The molecule has 8 nitrogen and oxygen atoms in total. The van der Waals surface area contributed by atoms with Gasteiger partial charge >= 0.3 is 0 Å². The van der Waals surface area contributed by atoms with E-state index >= 15 is 0 Å². The minimum atomic E-state index is -0.414. The Kier molecular flexibility index (Phi) is 6.00. The highest BCUT2D eigenvalue weighted by Gasteiger charge is 2.33. The Morgan fingerprint density at radius 2 is 1.86 bits per heavy atom. The van der Waals surface area contributed by atoms with Gasteiger partial charge in [-0.2, -0.15) is 0 Å². The molecular formula is C26H21N3O5S. The van der Waals surface area contributed by atoms with E-state index in [4.69, 9.17) is 9.47 Å². The first-order valence-corrected chi connectivity index (χ1v) is 11.8. The number of anilines is 1. The number of hydrogen-bond donors (Lipinski definition) is 0. The van der Waals surface area contributed by atoms with Gasteiger partial charge in [-0.25, -0.2) is 4.99 Å². The monoisotopic (exact) mass is 487 g/mol. The fourth-order valence-electron chi connectivity index (χ4n) is 3.78. The van der Waals surface area contributed by atoms with Crippen molar-refractivity contribution in [3.8, 4) is 11.5 Å². The van der Waals surface area contributed by atoms with Crippen LogP contribution < -0.4 is 14.4 Å². The Labute approximate surface area is 206 Å². The normalized spacial score (nSPS) is 16.5. The summed E-state index contributed by atoms with van der Waals surface area (Å²) in [6.07, 6.45) is 1.72. The quantitative estimate of drug-likeness (QED) is 0.254. The van der Waals surface area contributed by atoms with Crippen LogP contribution in [0.2, 0.25) is 0 Å². The molecule has 1 atom stereocenters. The zero-order valence-electron chi connectivity index (χ0n) is 19.0. The molecule has 1 unspecified atom stereocenters. The first-order valence-electron chi connectivity index (χ1n) is 10.9. The number of non-ortho nitro benzene ring substituents is 1. The molecule has 0 N–H and O–H groups in total. The van der Waals surface area contributed by atoms with Gasteiger partial charge in [-0.05, 0) is 55.3 Å². The van der Waals surface area contributed by atoms with Crippen LogP contribution in [-0.2, 0) is 4.79 Å². The third kappa shape index (κ3) is 4.63. The topological polar surface area (TPSA) is 94.3 Å². The van der Waals surface area contributed by atoms with E-state index in [0.717, 1.165) is 16.7 Å². The van der Waals surface area contributed by atoms with Crippen molar-refractivity contribution in [1.82, 2.24) is 0 Å². The van der Waals surface area contributed by atoms with Gasteiger partial charge in [0.15, 0.2) is 16.7 Å². The van der Waals surface area contributed by atoms with Crippen molar-refractivity contribution in [2.75, 3.05) is 11.7 Å². The summed E-state index contributed by atoms with van der Waals surface area (Å²) in [5.41, 5.74) is 3.63. The van der Waals surface area contributed by atoms with E-state index in [2.05, 4.69) is 4.99 Å². The van der Waals surface area contributed by atoms with Crippen LogP contribution in [0.1, 0.15) is 28.9 Å². The van der Waals surface area contributed by atoms with E-state index in [1.54, 1.807) is 29.2 Å².